The number of allylic oxidation sites excluding steroid dienone is 2. The summed E-state index contributed by atoms with van der Waals surface area (Å²) in [7, 11) is 0. The first-order chi connectivity index (χ1) is 19.4. The highest BCUT2D eigenvalue weighted by Crippen LogP contribution is 2.35. The molecule has 40 heavy (non-hydrogen) atoms. The fourth-order valence-electron chi connectivity index (χ4n) is 5.93. The predicted octanol–water partition coefficient (Wildman–Crippen LogP) is 5.11. The van der Waals surface area contributed by atoms with Crippen LogP contribution in [0.4, 0.5) is 11.4 Å². The van der Waals surface area contributed by atoms with Gasteiger partial charge in [-0.3, -0.25) is 9.59 Å². The molecule has 206 valence electrons. The summed E-state index contributed by atoms with van der Waals surface area (Å²) < 4.78 is 5.80. The number of carbonyl (C=O) groups is 2. The van der Waals surface area contributed by atoms with E-state index in [2.05, 4.69) is 40.3 Å². The van der Waals surface area contributed by atoms with E-state index in [4.69, 9.17) is 9.72 Å². The molecule has 2 aliphatic heterocycles. The number of hydrogen-bond acceptors (Lipinski definition) is 5. The van der Waals surface area contributed by atoms with Gasteiger partial charge in [-0.2, -0.15) is 0 Å². The Balaban J connectivity index is 1.02. The molecule has 2 N–H and O–H groups in total. The number of nitrogens with one attached hydrogen (secondary N) is 2. The van der Waals surface area contributed by atoms with Crippen LogP contribution in [0.1, 0.15) is 67.2 Å². The van der Waals surface area contributed by atoms with Gasteiger partial charge in [0.25, 0.3) is 5.91 Å². The Morgan fingerprint density at radius 2 is 1.95 bits per heavy atom. The lowest BCUT2D eigenvalue weighted by molar-refractivity contribution is -0.127. The third-order valence-corrected chi connectivity index (χ3v) is 8.59. The highest BCUT2D eigenvalue weighted by atomic mass is 16.5. The summed E-state index contributed by atoms with van der Waals surface area (Å²) in [4.78, 5) is 37.9. The third-order valence-electron chi connectivity index (χ3n) is 8.59. The molecule has 1 saturated carbocycles. The van der Waals surface area contributed by atoms with Crippen LogP contribution < -0.4 is 15.1 Å². The lowest BCUT2D eigenvalue weighted by Gasteiger charge is -2.29. The van der Waals surface area contributed by atoms with Crippen molar-refractivity contribution in [1.82, 2.24) is 15.3 Å². The fourth-order valence-corrected chi connectivity index (χ4v) is 5.93. The average Bonchev–Trinajstić information content (AvgIpc) is 3.40. The molecule has 1 unspecified atom stereocenters. The highest BCUT2D eigenvalue weighted by molar-refractivity contribution is 6.10. The van der Waals surface area contributed by atoms with Gasteiger partial charge in [0, 0.05) is 41.1 Å². The molecule has 3 heterocycles. The quantitative estimate of drug-likeness (QED) is 0.437. The number of hydrogen-bond donors (Lipinski definition) is 2. The second kappa shape index (κ2) is 9.93. The molecule has 2 aromatic carbocycles. The second-order valence-corrected chi connectivity index (χ2v) is 11.8. The lowest BCUT2D eigenvalue weighted by atomic mass is 10.0. The smallest absolute Gasteiger partial charge is 0.258 e. The van der Waals surface area contributed by atoms with Gasteiger partial charge in [-0.15, -0.1) is 0 Å². The van der Waals surface area contributed by atoms with Gasteiger partial charge in [0.15, 0.2) is 0 Å². The zero-order valence-corrected chi connectivity index (χ0v) is 22.9. The molecule has 8 heteroatoms. The summed E-state index contributed by atoms with van der Waals surface area (Å²) in [5.41, 5.74) is 6.67. The van der Waals surface area contributed by atoms with Gasteiger partial charge in [-0.05, 0) is 87.4 Å². The largest absolute Gasteiger partial charge is 0.372 e. The minimum atomic E-state index is -0.129. The Bertz CT molecular complexity index is 1540. The van der Waals surface area contributed by atoms with Crippen molar-refractivity contribution >= 4 is 39.8 Å². The summed E-state index contributed by atoms with van der Waals surface area (Å²) in [6.07, 6.45) is 12.4. The Morgan fingerprint density at radius 1 is 1.12 bits per heavy atom. The van der Waals surface area contributed by atoms with Crippen molar-refractivity contribution in [1.29, 1.82) is 0 Å². The Kier molecular flexibility index (Phi) is 6.23. The van der Waals surface area contributed by atoms with Gasteiger partial charge in [-0.25, -0.2) is 4.98 Å². The summed E-state index contributed by atoms with van der Waals surface area (Å²) in [6.45, 7) is 4.88. The van der Waals surface area contributed by atoms with Crippen molar-refractivity contribution in [3.8, 4) is 0 Å². The first kappa shape index (κ1) is 25.1. The molecular weight excluding hydrogens is 502 g/mol. The maximum absolute atomic E-state index is 13.3. The van der Waals surface area contributed by atoms with E-state index in [0.29, 0.717) is 13.0 Å². The molecule has 4 aliphatic rings. The monoisotopic (exact) mass is 537 g/mol. The van der Waals surface area contributed by atoms with Crippen molar-refractivity contribution in [3.05, 3.63) is 71.6 Å². The van der Waals surface area contributed by atoms with E-state index in [1.807, 2.05) is 41.3 Å². The second-order valence-electron chi connectivity index (χ2n) is 11.8. The van der Waals surface area contributed by atoms with E-state index < -0.39 is 0 Å². The molecule has 1 atom stereocenters. The van der Waals surface area contributed by atoms with E-state index in [-0.39, 0.29) is 30.1 Å². The van der Waals surface area contributed by atoms with Crippen molar-refractivity contribution in [2.24, 2.45) is 0 Å². The van der Waals surface area contributed by atoms with E-state index in [1.165, 1.54) is 24.9 Å². The van der Waals surface area contributed by atoms with E-state index in [9.17, 15) is 9.59 Å². The number of benzene rings is 2. The number of anilines is 2. The molecule has 2 fully saturated rings. The Labute approximate surface area is 234 Å². The number of rotatable bonds is 7. The molecule has 0 spiro atoms. The molecule has 2 aliphatic carbocycles. The van der Waals surface area contributed by atoms with Gasteiger partial charge in [0.2, 0.25) is 5.91 Å². The minimum Gasteiger partial charge on any atom is -0.372 e. The summed E-state index contributed by atoms with van der Waals surface area (Å²) in [5.74, 6) is 0.768. The van der Waals surface area contributed by atoms with Crippen LogP contribution in [0.25, 0.3) is 16.6 Å². The van der Waals surface area contributed by atoms with Crippen LogP contribution in [0.5, 0.6) is 0 Å². The molecule has 7 rings (SSSR count). The van der Waals surface area contributed by atoms with Crippen LogP contribution in [-0.4, -0.2) is 53.1 Å². The zero-order chi connectivity index (χ0) is 27.3. The Morgan fingerprint density at radius 3 is 2.73 bits per heavy atom. The van der Waals surface area contributed by atoms with Crippen molar-refractivity contribution < 1.29 is 14.3 Å². The zero-order valence-electron chi connectivity index (χ0n) is 22.9. The number of fused-ring (bicyclic) bond motifs is 2. The normalized spacial score (nSPS) is 21.5. The van der Waals surface area contributed by atoms with Gasteiger partial charge < -0.3 is 24.8 Å². The van der Waals surface area contributed by atoms with E-state index >= 15 is 0 Å². The van der Waals surface area contributed by atoms with Crippen LogP contribution in [0.15, 0.2) is 54.6 Å². The van der Waals surface area contributed by atoms with Crippen molar-refractivity contribution in [3.63, 3.8) is 0 Å². The number of aromatic nitrogens is 2. The number of H-pyrrole nitrogens is 1. The minimum absolute atomic E-state index is 0.0283. The van der Waals surface area contributed by atoms with E-state index in [1.54, 1.807) is 0 Å². The molecule has 0 bridgehead atoms. The summed E-state index contributed by atoms with van der Waals surface area (Å²) in [5, 5.41) is 3.02. The van der Waals surface area contributed by atoms with Crippen LogP contribution in [0.2, 0.25) is 0 Å². The number of ether oxygens (including phenoxy) is 1. The molecule has 8 nitrogen and oxygen atoms in total. The van der Waals surface area contributed by atoms with Crippen LogP contribution in [-0.2, 0) is 16.1 Å². The maximum atomic E-state index is 13.3. The topological polar surface area (TPSA) is 90.6 Å². The fraction of sp³-hybridized carbons (Fsp3) is 0.406. The van der Waals surface area contributed by atoms with Crippen LogP contribution in [0, 0.1) is 0 Å². The summed E-state index contributed by atoms with van der Waals surface area (Å²) in [6, 6.07) is 12.2. The molecule has 3 aromatic rings. The molecule has 1 saturated heterocycles. The van der Waals surface area contributed by atoms with Gasteiger partial charge in [0.1, 0.15) is 12.4 Å². The number of piperidine rings is 1. The molecule has 0 radical (unpaired) electrons. The highest BCUT2D eigenvalue weighted by Gasteiger charge is 2.38. The first-order valence-corrected chi connectivity index (χ1v) is 14.5. The first-order valence-electron chi connectivity index (χ1n) is 14.5. The number of aromatic amines is 1. The predicted molar refractivity (Wildman–Crippen MR) is 156 cm³/mol. The molecular formula is C32H35N5O3. The molecule has 2 amide bonds. The van der Waals surface area contributed by atoms with Crippen LogP contribution in [0.3, 0.4) is 0 Å². The lowest BCUT2D eigenvalue weighted by Crippen LogP contribution is -2.37. The Hall–Kier alpha value is -3.91. The third kappa shape index (κ3) is 4.92. The van der Waals surface area contributed by atoms with Gasteiger partial charge in [0.05, 0.1) is 23.7 Å². The molecule has 1 aromatic heterocycles. The van der Waals surface area contributed by atoms with Crippen LogP contribution >= 0.6 is 0 Å². The van der Waals surface area contributed by atoms with Crippen molar-refractivity contribution in [2.75, 3.05) is 29.5 Å². The number of amides is 2. The SMILES string of the molecule is CC1(NC(=O)COC2C=CC(c3nc4ccc(N5Cc6cc(N7CCCCC7)ccc6C5=O)cc4[nH]3)=CC2)CC1. The summed E-state index contributed by atoms with van der Waals surface area (Å²) >= 11 is 0. The maximum Gasteiger partial charge on any atom is 0.258 e. The standard InChI is InChI=1S/C32H35N5O3/c1-32(13-14-32)35-29(38)20-40-25-9-5-21(6-10-25)30-33-27-12-8-24(18-28(27)34-30)37-19-22-17-23(7-11-26(22)31(37)39)36-15-3-2-4-16-36/h5-9,11-12,17-18,25H,2-4,10,13-16,19-20H2,1H3,(H,33,34)(H,35,38). The average molecular weight is 538 g/mol. The number of carbonyl (C=O) groups excluding carboxylic acids is 2. The van der Waals surface area contributed by atoms with Gasteiger partial charge >= 0.3 is 0 Å². The number of imidazole rings is 1. The number of nitrogens with zero attached hydrogens (tertiary/aromatic N) is 3. The van der Waals surface area contributed by atoms with Crippen molar-refractivity contribution in [2.45, 2.75) is 63.6 Å². The van der Waals surface area contributed by atoms with E-state index in [0.717, 1.165) is 65.2 Å². The van der Waals surface area contributed by atoms with Gasteiger partial charge in [-0.1, -0.05) is 18.2 Å².